The number of amides is 1. The van der Waals surface area contributed by atoms with Crippen molar-refractivity contribution in [2.75, 3.05) is 97.9 Å². The van der Waals surface area contributed by atoms with Crippen molar-refractivity contribution < 1.29 is 83.0 Å². The number of carboxylic acid groups (broad SMARTS) is 6. The molecular formula is C39H61N6O17P. The number of hydrogen-bond donors (Lipinski definition) is 9. The molecule has 1 saturated heterocycles. The van der Waals surface area contributed by atoms with Gasteiger partial charge < -0.3 is 50.7 Å². The van der Waals surface area contributed by atoms with E-state index >= 15 is 0 Å². The number of nitrogens with one attached hydrogen (secondary N) is 2. The molecule has 0 radical (unpaired) electrons. The van der Waals surface area contributed by atoms with E-state index in [4.69, 9.17) is 4.52 Å². The van der Waals surface area contributed by atoms with E-state index in [0.717, 1.165) is 5.56 Å². The average Bonchev–Trinajstić information content (AvgIpc) is 3.18. The Bertz CT molecular complexity index is 1720. The highest BCUT2D eigenvalue weighted by atomic mass is 31.2. The molecule has 1 aliphatic rings. The van der Waals surface area contributed by atoms with Crippen molar-refractivity contribution in [3.63, 3.8) is 0 Å². The molecule has 0 spiro atoms. The van der Waals surface area contributed by atoms with Gasteiger partial charge in [0.1, 0.15) is 17.9 Å². The third kappa shape index (κ3) is 22.9. The van der Waals surface area contributed by atoms with Crippen LogP contribution in [0.3, 0.4) is 0 Å². The van der Waals surface area contributed by atoms with E-state index in [1.54, 1.807) is 33.8 Å². The maximum absolute atomic E-state index is 13.1. The third-order valence-electron chi connectivity index (χ3n) is 10.2. The zero-order chi connectivity index (χ0) is 47.1. The maximum Gasteiger partial charge on any atom is 0.328 e. The molecule has 4 atom stereocenters. The van der Waals surface area contributed by atoms with E-state index in [1.807, 2.05) is 4.90 Å². The van der Waals surface area contributed by atoms with Crippen LogP contribution in [0.15, 0.2) is 24.3 Å². The summed E-state index contributed by atoms with van der Waals surface area (Å²) >= 11 is 0. The number of ketones is 1. The first-order valence-corrected chi connectivity index (χ1v) is 22.3. The predicted molar refractivity (Wildman–Crippen MR) is 223 cm³/mol. The molecule has 1 aliphatic heterocycles. The summed E-state index contributed by atoms with van der Waals surface area (Å²) in [5.41, 5.74) is 0.875. The summed E-state index contributed by atoms with van der Waals surface area (Å²) in [6.45, 7) is 1.96. The van der Waals surface area contributed by atoms with Crippen molar-refractivity contribution in [3.05, 3.63) is 35.4 Å². The zero-order valence-electron chi connectivity index (χ0n) is 35.3. The van der Waals surface area contributed by atoms with Gasteiger partial charge in [-0.1, -0.05) is 25.5 Å². The van der Waals surface area contributed by atoms with Crippen molar-refractivity contribution in [2.45, 2.75) is 57.5 Å². The van der Waals surface area contributed by atoms with Gasteiger partial charge in [0.05, 0.1) is 44.9 Å². The molecule has 0 aromatic heterocycles. The van der Waals surface area contributed by atoms with Crippen molar-refractivity contribution in [1.82, 2.24) is 30.2 Å². The monoisotopic (exact) mass is 916 g/mol. The van der Waals surface area contributed by atoms with Crippen LogP contribution in [0.25, 0.3) is 0 Å². The molecule has 1 aromatic rings. The van der Waals surface area contributed by atoms with Gasteiger partial charge in [0.15, 0.2) is 0 Å². The number of nitrogens with zero attached hydrogens (tertiary/aromatic N) is 4. The van der Waals surface area contributed by atoms with Crippen LogP contribution < -0.4 is 10.6 Å². The van der Waals surface area contributed by atoms with E-state index in [-0.39, 0.29) is 96.1 Å². The van der Waals surface area contributed by atoms with Gasteiger partial charge in [-0.3, -0.25) is 57.7 Å². The highest BCUT2D eigenvalue weighted by Crippen LogP contribution is 2.44. The first-order chi connectivity index (χ1) is 29.7. The number of carbonyl (C=O) groups excluding carboxylic acids is 2. The molecule has 63 heavy (non-hydrogen) atoms. The Morgan fingerprint density at radius 2 is 1.13 bits per heavy atom. The second-order valence-electron chi connectivity index (χ2n) is 15.3. The number of aryl methyl sites for hydroxylation is 1. The number of carbonyl (C=O) groups is 8. The van der Waals surface area contributed by atoms with Crippen LogP contribution in [0.1, 0.15) is 54.9 Å². The van der Waals surface area contributed by atoms with E-state index < -0.39 is 86.6 Å². The molecule has 354 valence electrons. The summed E-state index contributed by atoms with van der Waals surface area (Å²) in [6, 6.07) is 3.17. The van der Waals surface area contributed by atoms with Gasteiger partial charge in [0, 0.05) is 70.9 Å². The van der Waals surface area contributed by atoms with E-state index in [2.05, 4.69) is 10.6 Å². The molecule has 1 fully saturated rings. The van der Waals surface area contributed by atoms with Gasteiger partial charge in [0.25, 0.3) is 5.91 Å². The molecule has 0 saturated carbocycles. The lowest BCUT2D eigenvalue weighted by Crippen LogP contribution is -2.51. The number of aliphatic carboxylic acids is 6. The fraction of sp³-hybridized carbons (Fsp3) is 0.641. The Labute approximate surface area is 364 Å². The summed E-state index contributed by atoms with van der Waals surface area (Å²) in [5, 5.41) is 61.6. The molecule has 0 aliphatic carbocycles. The van der Waals surface area contributed by atoms with Crippen molar-refractivity contribution in [3.8, 4) is 0 Å². The van der Waals surface area contributed by atoms with Crippen LogP contribution in [-0.2, 0) is 49.1 Å². The minimum atomic E-state index is -4.38. The van der Waals surface area contributed by atoms with Crippen LogP contribution in [0, 0.1) is 5.92 Å². The van der Waals surface area contributed by atoms with Gasteiger partial charge in [0.2, 0.25) is 0 Å². The van der Waals surface area contributed by atoms with Crippen molar-refractivity contribution in [2.24, 2.45) is 5.92 Å². The molecule has 23 nitrogen and oxygen atoms in total. The lowest BCUT2D eigenvalue weighted by Gasteiger charge is -2.32. The topological polar surface area (TPSA) is 341 Å². The van der Waals surface area contributed by atoms with Gasteiger partial charge in [-0.05, 0) is 43.4 Å². The normalized spacial score (nSPS) is 17.5. The fourth-order valence-electron chi connectivity index (χ4n) is 6.73. The van der Waals surface area contributed by atoms with Crippen molar-refractivity contribution in [1.29, 1.82) is 0 Å². The molecule has 1 amide bonds. The van der Waals surface area contributed by atoms with E-state index in [1.165, 1.54) is 12.1 Å². The Balaban J connectivity index is 1.94. The lowest BCUT2D eigenvalue weighted by atomic mass is 10.0. The first-order valence-electron chi connectivity index (χ1n) is 20.5. The van der Waals surface area contributed by atoms with E-state index in [0.29, 0.717) is 32.4 Å². The van der Waals surface area contributed by atoms with Crippen LogP contribution >= 0.6 is 7.60 Å². The van der Waals surface area contributed by atoms with Crippen molar-refractivity contribution >= 4 is 55.1 Å². The van der Waals surface area contributed by atoms with Gasteiger partial charge in [-0.25, -0.2) is 4.79 Å². The van der Waals surface area contributed by atoms with E-state index in [9.17, 15) is 78.5 Å². The first kappa shape index (κ1) is 54.3. The molecule has 2 rings (SSSR count). The third-order valence-corrected chi connectivity index (χ3v) is 11.6. The summed E-state index contributed by atoms with van der Waals surface area (Å²) in [4.78, 5) is 113. The molecule has 1 heterocycles. The molecule has 1 unspecified atom stereocenters. The summed E-state index contributed by atoms with van der Waals surface area (Å²) in [7, 11) is -4.38. The smallest absolute Gasteiger partial charge is 0.328 e. The van der Waals surface area contributed by atoms with Crippen LogP contribution in [-0.4, -0.2) is 213 Å². The van der Waals surface area contributed by atoms with Crippen LogP contribution in [0.4, 0.5) is 0 Å². The summed E-state index contributed by atoms with van der Waals surface area (Å²) in [6.07, 6.45) is 0.622. The summed E-state index contributed by atoms with van der Waals surface area (Å²) < 4.78 is 17.3. The van der Waals surface area contributed by atoms with Gasteiger partial charge in [-0.2, -0.15) is 0 Å². The molecule has 9 N–H and O–H groups in total. The SMILES string of the molecule is CCC[C@H](CP(=O)(O)OCC[C@H](NC[C@H](NC(=O)c1ccc(CCCC(=O)CN2CCN(CC(=O)O)CCN(CC(=O)O)CCN(CC(=O)O)CC2)cc1)C(=O)O)C(=O)O)C(=O)O. The lowest BCUT2D eigenvalue weighted by molar-refractivity contribution is -0.142. The number of hydrogen-bond acceptors (Lipinski definition) is 15. The minimum absolute atomic E-state index is 0.0332. The van der Waals surface area contributed by atoms with Crippen LogP contribution in [0.5, 0.6) is 0 Å². The second kappa shape index (κ2) is 28.0. The maximum atomic E-state index is 13.1. The molecule has 1 aromatic carbocycles. The standard InChI is InChI=1S/C39H61N6O17P/c1-2-4-29(37(54)55)26-63(60,61)62-20-11-31(38(56)57)40-21-32(39(58)59)41-36(53)28-9-7-27(8-10-28)5-3-6-30(46)22-42-12-14-43(23-33(47)48)16-18-45(25-35(51)52)19-17-44(15-13-42)24-34(49)50/h7-10,29,31-32,40H,2-6,11-26H2,1H3,(H,41,53)(H,47,48)(H,49,50)(H,51,52)(H,54,55)(H,56,57)(H,58,59)(H,60,61)/t29-,31+,32+/m1/s1. The fourth-order valence-corrected chi connectivity index (χ4v) is 8.12. The van der Waals surface area contributed by atoms with Gasteiger partial charge >= 0.3 is 43.4 Å². The number of carboxylic acids is 6. The molecular weight excluding hydrogens is 855 g/mol. The average molecular weight is 917 g/mol. The Hall–Kier alpha value is -4.87. The van der Waals surface area contributed by atoms with Gasteiger partial charge in [-0.15, -0.1) is 0 Å². The molecule has 24 heteroatoms. The number of benzene rings is 1. The Morgan fingerprint density at radius 3 is 1.54 bits per heavy atom. The largest absolute Gasteiger partial charge is 0.481 e. The Morgan fingerprint density at radius 1 is 0.667 bits per heavy atom. The quantitative estimate of drug-likeness (QED) is 0.0473. The second-order valence-corrected chi connectivity index (χ2v) is 17.2. The summed E-state index contributed by atoms with van der Waals surface area (Å²) in [5.74, 6) is -9.33. The molecule has 0 bridgehead atoms. The van der Waals surface area contributed by atoms with Crippen LogP contribution in [0.2, 0.25) is 0 Å². The number of Topliss-reactive ketones (excluding diaryl/α,β-unsaturated/α-hetero) is 1. The highest BCUT2D eigenvalue weighted by molar-refractivity contribution is 7.52. The zero-order valence-corrected chi connectivity index (χ0v) is 36.2. The minimum Gasteiger partial charge on any atom is -0.481 e. The predicted octanol–water partition coefficient (Wildman–Crippen LogP) is -0.627. The highest BCUT2D eigenvalue weighted by Gasteiger charge is 2.31. The Kier molecular flexibility index (Phi) is 24.1. The number of rotatable bonds is 28.